The van der Waals surface area contributed by atoms with Crippen molar-refractivity contribution in [2.24, 2.45) is 0 Å². The second-order valence-electron chi connectivity index (χ2n) is 4.74. The number of hydrogen-bond acceptors (Lipinski definition) is 3. The van der Waals surface area contributed by atoms with Crippen molar-refractivity contribution in [2.75, 3.05) is 20.3 Å². The Morgan fingerprint density at radius 2 is 2.11 bits per heavy atom. The fraction of sp³-hybridized carbons (Fsp3) is 0.600. The van der Waals surface area contributed by atoms with E-state index >= 15 is 0 Å². The van der Waals surface area contributed by atoms with Crippen LogP contribution in [0, 0.1) is 0 Å². The fourth-order valence-corrected chi connectivity index (χ4v) is 2.23. The predicted molar refractivity (Wildman–Crippen MR) is 73.0 cm³/mol. The molecule has 1 aliphatic carbocycles. The van der Waals surface area contributed by atoms with Gasteiger partial charge in [-0.25, -0.2) is 0 Å². The summed E-state index contributed by atoms with van der Waals surface area (Å²) >= 11 is 0. The first-order chi connectivity index (χ1) is 8.85. The number of ether oxygens (including phenoxy) is 2. The van der Waals surface area contributed by atoms with Crippen molar-refractivity contribution in [3.63, 3.8) is 0 Å². The first kappa shape index (κ1) is 13.4. The molecule has 0 spiro atoms. The lowest BCUT2D eigenvalue weighted by molar-refractivity contribution is -0.00884. The average Bonchev–Trinajstić information content (AvgIpc) is 2.36. The highest BCUT2D eigenvalue weighted by Crippen LogP contribution is 2.27. The van der Waals surface area contributed by atoms with E-state index in [0.29, 0.717) is 6.10 Å². The zero-order valence-electron chi connectivity index (χ0n) is 11.3. The number of benzene rings is 1. The summed E-state index contributed by atoms with van der Waals surface area (Å²) in [5, 5.41) is 3.47. The van der Waals surface area contributed by atoms with E-state index in [2.05, 4.69) is 18.3 Å². The molecule has 2 rings (SSSR count). The van der Waals surface area contributed by atoms with Crippen LogP contribution >= 0.6 is 0 Å². The molecule has 0 saturated heterocycles. The number of likely N-dealkylation sites (N-methyl/N-ethyl adjacent to an activating group) is 1. The maximum absolute atomic E-state index is 5.93. The van der Waals surface area contributed by atoms with E-state index in [4.69, 9.17) is 9.47 Å². The van der Waals surface area contributed by atoms with Crippen LogP contribution in [-0.2, 0) is 4.74 Å². The third kappa shape index (κ3) is 3.24. The van der Waals surface area contributed by atoms with Crippen LogP contribution in [0.5, 0.6) is 5.75 Å². The van der Waals surface area contributed by atoms with Crippen molar-refractivity contribution in [3.05, 3.63) is 29.8 Å². The quantitative estimate of drug-likeness (QED) is 0.806. The van der Waals surface area contributed by atoms with Crippen molar-refractivity contribution >= 4 is 0 Å². The summed E-state index contributed by atoms with van der Waals surface area (Å²) in [5.74, 6) is 0.931. The SMILES string of the molecule is CCNC(COC1CCC1)c1ccccc1OC. The lowest BCUT2D eigenvalue weighted by Crippen LogP contribution is -2.30. The normalized spacial score (nSPS) is 17.2. The van der Waals surface area contributed by atoms with Crippen molar-refractivity contribution < 1.29 is 9.47 Å². The minimum absolute atomic E-state index is 0.215. The van der Waals surface area contributed by atoms with E-state index in [1.54, 1.807) is 7.11 Å². The molecule has 1 saturated carbocycles. The minimum Gasteiger partial charge on any atom is -0.496 e. The largest absolute Gasteiger partial charge is 0.496 e. The van der Waals surface area contributed by atoms with Crippen LogP contribution in [0.25, 0.3) is 0 Å². The van der Waals surface area contributed by atoms with Gasteiger partial charge in [-0.1, -0.05) is 25.1 Å². The molecule has 3 nitrogen and oxygen atoms in total. The van der Waals surface area contributed by atoms with Gasteiger partial charge >= 0.3 is 0 Å². The van der Waals surface area contributed by atoms with Gasteiger partial charge in [-0.3, -0.25) is 0 Å². The molecule has 0 heterocycles. The van der Waals surface area contributed by atoms with Gasteiger partial charge in [-0.2, -0.15) is 0 Å². The van der Waals surface area contributed by atoms with Gasteiger partial charge in [0.2, 0.25) is 0 Å². The van der Waals surface area contributed by atoms with Gasteiger partial charge in [0, 0.05) is 5.56 Å². The van der Waals surface area contributed by atoms with Gasteiger partial charge < -0.3 is 14.8 Å². The standard InChI is InChI=1S/C15H23NO2/c1-3-16-14(11-18-12-7-6-8-12)13-9-4-5-10-15(13)17-2/h4-5,9-10,12,14,16H,3,6-8,11H2,1-2H3. The van der Waals surface area contributed by atoms with Crippen LogP contribution in [0.1, 0.15) is 37.8 Å². The van der Waals surface area contributed by atoms with Crippen LogP contribution in [0.15, 0.2) is 24.3 Å². The minimum atomic E-state index is 0.215. The number of nitrogens with one attached hydrogen (secondary N) is 1. The number of hydrogen-bond donors (Lipinski definition) is 1. The van der Waals surface area contributed by atoms with E-state index in [-0.39, 0.29) is 6.04 Å². The molecule has 1 N–H and O–H groups in total. The van der Waals surface area contributed by atoms with Gasteiger partial charge in [0.25, 0.3) is 0 Å². The lowest BCUT2D eigenvalue weighted by atomic mass is 9.96. The van der Waals surface area contributed by atoms with E-state index in [1.807, 2.05) is 18.2 Å². The molecule has 3 heteroatoms. The van der Waals surface area contributed by atoms with Gasteiger partial charge in [0.1, 0.15) is 5.75 Å². The Balaban J connectivity index is 2.02. The summed E-state index contributed by atoms with van der Waals surface area (Å²) < 4.78 is 11.4. The zero-order valence-corrected chi connectivity index (χ0v) is 11.3. The highest BCUT2D eigenvalue weighted by atomic mass is 16.5. The molecule has 1 aromatic carbocycles. The van der Waals surface area contributed by atoms with Crippen LogP contribution in [0.3, 0.4) is 0 Å². The van der Waals surface area contributed by atoms with E-state index in [1.165, 1.54) is 24.8 Å². The van der Waals surface area contributed by atoms with E-state index in [0.717, 1.165) is 18.9 Å². The first-order valence-electron chi connectivity index (χ1n) is 6.83. The molecular weight excluding hydrogens is 226 g/mol. The molecule has 1 fully saturated rings. The van der Waals surface area contributed by atoms with Gasteiger partial charge in [-0.05, 0) is 31.9 Å². The van der Waals surface area contributed by atoms with Crippen LogP contribution in [0.2, 0.25) is 0 Å². The van der Waals surface area contributed by atoms with E-state index < -0.39 is 0 Å². The highest BCUT2D eigenvalue weighted by molar-refractivity contribution is 5.35. The molecule has 1 aliphatic rings. The molecule has 1 aromatic rings. The molecule has 0 radical (unpaired) electrons. The molecule has 0 aromatic heterocycles. The van der Waals surface area contributed by atoms with Gasteiger partial charge in [-0.15, -0.1) is 0 Å². The van der Waals surface area contributed by atoms with Crippen molar-refractivity contribution in [1.29, 1.82) is 0 Å². The number of para-hydroxylation sites is 1. The maximum Gasteiger partial charge on any atom is 0.123 e. The maximum atomic E-state index is 5.93. The Morgan fingerprint density at radius 3 is 2.72 bits per heavy atom. The molecule has 1 unspecified atom stereocenters. The van der Waals surface area contributed by atoms with Crippen LogP contribution < -0.4 is 10.1 Å². The summed E-state index contributed by atoms with van der Waals surface area (Å²) in [6, 6.07) is 8.37. The number of rotatable bonds is 7. The Labute approximate surface area is 109 Å². The third-order valence-corrected chi connectivity index (χ3v) is 3.52. The highest BCUT2D eigenvalue weighted by Gasteiger charge is 2.21. The topological polar surface area (TPSA) is 30.5 Å². The van der Waals surface area contributed by atoms with Gasteiger partial charge in [0.15, 0.2) is 0 Å². The Bertz CT molecular complexity index is 363. The predicted octanol–water partition coefficient (Wildman–Crippen LogP) is 2.91. The van der Waals surface area contributed by atoms with Crippen LogP contribution in [-0.4, -0.2) is 26.4 Å². The first-order valence-corrected chi connectivity index (χ1v) is 6.83. The monoisotopic (exact) mass is 249 g/mol. The summed E-state index contributed by atoms with van der Waals surface area (Å²) in [7, 11) is 1.72. The lowest BCUT2D eigenvalue weighted by Gasteiger charge is -2.29. The Kier molecular flexibility index (Phi) is 5.02. The van der Waals surface area contributed by atoms with Gasteiger partial charge in [0.05, 0.1) is 25.9 Å². The molecular formula is C15H23NO2. The molecule has 100 valence electrons. The fourth-order valence-electron chi connectivity index (χ4n) is 2.23. The Hall–Kier alpha value is -1.06. The molecule has 0 bridgehead atoms. The van der Waals surface area contributed by atoms with Crippen molar-refractivity contribution in [3.8, 4) is 5.75 Å². The third-order valence-electron chi connectivity index (χ3n) is 3.52. The molecule has 0 aliphatic heterocycles. The van der Waals surface area contributed by atoms with E-state index in [9.17, 15) is 0 Å². The van der Waals surface area contributed by atoms with Crippen molar-refractivity contribution in [1.82, 2.24) is 5.32 Å². The smallest absolute Gasteiger partial charge is 0.123 e. The Morgan fingerprint density at radius 1 is 1.33 bits per heavy atom. The summed E-state index contributed by atoms with van der Waals surface area (Å²) in [6.07, 6.45) is 4.21. The molecule has 0 amide bonds. The second kappa shape index (κ2) is 6.76. The summed E-state index contributed by atoms with van der Waals surface area (Å²) in [4.78, 5) is 0. The summed E-state index contributed by atoms with van der Waals surface area (Å²) in [5.41, 5.74) is 1.18. The summed E-state index contributed by atoms with van der Waals surface area (Å²) in [6.45, 7) is 3.77. The average molecular weight is 249 g/mol. The second-order valence-corrected chi connectivity index (χ2v) is 4.74. The zero-order chi connectivity index (χ0) is 12.8. The number of methoxy groups -OCH3 is 1. The van der Waals surface area contributed by atoms with Crippen molar-refractivity contribution in [2.45, 2.75) is 38.3 Å². The van der Waals surface area contributed by atoms with Crippen LogP contribution in [0.4, 0.5) is 0 Å². The molecule has 18 heavy (non-hydrogen) atoms. The molecule has 1 atom stereocenters.